The molecule has 52 heavy (non-hydrogen) atoms. The van der Waals surface area contributed by atoms with Gasteiger partial charge in [-0.3, -0.25) is 18.6 Å². The van der Waals surface area contributed by atoms with E-state index in [0.29, 0.717) is 6.42 Å². The molecule has 0 radical (unpaired) electrons. The number of carbonyl (C=O) groups is 2. The van der Waals surface area contributed by atoms with Crippen molar-refractivity contribution in [3.8, 4) is 0 Å². The first kappa shape index (κ1) is 50.5. The number of allylic oxidation sites excluding steroid dienone is 4. The monoisotopic (exact) mass is 758 g/mol. The lowest BCUT2D eigenvalue weighted by atomic mass is 10.0. The average molecular weight is 758 g/mol. The summed E-state index contributed by atoms with van der Waals surface area (Å²) in [5.74, 6) is -0.838. The SMILES string of the molecule is CCCC/C=C/C/C=C/CCCCCCCC(=O)O[C@H](COC(=O)CCCCCCCCCCCCCCCCCCC)COP(=O)(O)OCCN. The largest absolute Gasteiger partial charge is 0.472 e. The molecule has 0 aromatic carbocycles. The van der Waals surface area contributed by atoms with E-state index in [-0.39, 0.29) is 38.6 Å². The molecule has 0 saturated carbocycles. The minimum atomic E-state index is -4.37. The minimum Gasteiger partial charge on any atom is -0.462 e. The van der Waals surface area contributed by atoms with Crippen LogP contribution in [0.5, 0.6) is 0 Å². The van der Waals surface area contributed by atoms with Crippen LogP contribution in [0.15, 0.2) is 24.3 Å². The van der Waals surface area contributed by atoms with E-state index in [1.165, 1.54) is 103 Å². The predicted octanol–water partition coefficient (Wildman–Crippen LogP) is 12.0. The van der Waals surface area contributed by atoms with Gasteiger partial charge in [0.2, 0.25) is 0 Å². The molecule has 306 valence electrons. The quantitative estimate of drug-likeness (QED) is 0.0271. The van der Waals surface area contributed by atoms with Gasteiger partial charge in [-0.25, -0.2) is 4.57 Å². The number of esters is 2. The second-order valence-corrected chi connectivity index (χ2v) is 15.7. The van der Waals surface area contributed by atoms with E-state index in [2.05, 4.69) is 38.2 Å². The lowest BCUT2D eigenvalue weighted by molar-refractivity contribution is -0.161. The Kier molecular flexibility index (Phi) is 38.1. The highest BCUT2D eigenvalue weighted by Gasteiger charge is 2.26. The molecule has 0 aliphatic rings. The molecule has 3 N–H and O–H groups in total. The van der Waals surface area contributed by atoms with Gasteiger partial charge < -0.3 is 20.1 Å². The van der Waals surface area contributed by atoms with E-state index < -0.39 is 26.5 Å². The summed E-state index contributed by atoms with van der Waals surface area (Å²) in [5, 5.41) is 0. The number of nitrogens with two attached hydrogens (primary N) is 1. The number of phosphoric acid groups is 1. The third-order valence-corrected chi connectivity index (χ3v) is 10.1. The molecule has 0 aliphatic heterocycles. The lowest BCUT2D eigenvalue weighted by Crippen LogP contribution is -2.29. The second-order valence-electron chi connectivity index (χ2n) is 14.2. The molecule has 0 aliphatic carbocycles. The van der Waals surface area contributed by atoms with Gasteiger partial charge in [0.25, 0.3) is 0 Å². The molecule has 0 rings (SSSR count). The molecule has 0 spiro atoms. The summed E-state index contributed by atoms with van der Waals surface area (Å²) in [5.41, 5.74) is 5.34. The molecule has 0 saturated heterocycles. The molecule has 2 atom stereocenters. The molecule has 9 nitrogen and oxygen atoms in total. The number of unbranched alkanes of at least 4 members (excludes halogenated alkanes) is 23. The summed E-state index contributed by atoms with van der Waals surface area (Å²) in [6.07, 6.45) is 40.6. The summed E-state index contributed by atoms with van der Waals surface area (Å²) in [7, 11) is -4.37. The van der Waals surface area contributed by atoms with Gasteiger partial charge >= 0.3 is 19.8 Å². The van der Waals surface area contributed by atoms with Gasteiger partial charge in [0.15, 0.2) is 6.10 Å². The van der Waals surface area contributed by atoms with Crippen molar-refractivity contribution in [3.05, 3.63) is 24.3 Å². The van der Waals surface area contributed by atoms with E-state index in [4.69, 9.17) is 24.3 Å². The van der Waals surface area contributed by atoms with Gasteiger partial charge in [0.1, 0.15) is 6.61 Å². The van der Waals surface area contributed by atoms with Crippen molar-refractivity contribution in [2.24, 2.45) is 5.73 Å². The lowest BCUT2D eigenvalue weighted by Gasteiger charge is -2.19. The predicted molar refractivity (Wildman–Crippen MR) is 215 cm³/mol. The van der Waals surface area contributed by atoms with Gasteiger partial charge in [0.05, 0.1) is 13.2 Å². The Labute approximate surface area is 319 Å². The first-order chi connectivity index (χ1) is 25.3. The van der Waals surface area contributed by atoms with Gasteiger partial charge in [-0.15, -0.1) is 0 Å². The molecule has 1 unspecified atom stereocenters. The minimum absolute atomic E-state index is 0.0524. The van der Waals surface area contributed by atoms with Crippen LogP contribution in [-0.4, -0.2) is 49.3 Å². The normalized spacial score (nSPS) is 13.5. The van der Waals surface area contributed by atoms with E-state index >= 15 is 0 Å². The Morgan fingerprint density at radius 1 is 0.577 bits per heavy atom. The molecule has 0 fully saturated rings. The maximum atomic E-state index is 12.5. The summed E-state index contributed by atoms with van der Waals surface area (Å²) >= 11 is 0. The van der Waals surface area contributed by atoms with E-state index in [9.17, 15) is 19.0 Å². The van der Waals surface area contributed by atoms with Crippen molar-refractivity contribution in [2.75, 3.05) is 26.4 Å². The van der Waals surface area contributed by atoms with Crippen LogP contribution in [0.25, 0.3) is 0 Å². The Hall–Kier alpha value is -1.51. The van der Waals surface area contributed by atoms with Crippen LogP contribution < -0.4 is 5.73 Å². The molecule has 0 heterocycles. The van der Waals surface area contributed by atoms with Crippen LogP contribution >= 0.6 is 7.82 Å². The van der Waals surface area contributed by atoms with Gasteiger partial charge in [-0.05, 0) is 38.5 Å². The third kappa shape index (κ3) is 38.2. The van der Waals surface area contributed by atoms with Crippen molar-refractivity contribution >= 4 is 19.8 Å². The first-order valence-electron chi connectivity index (χ1n) is 21.3. The number of rotatable bonds is 40. The summed E-state index contributed by atoms with van der Waals surface area (Å²) in [6.45, 7) is 3.69. The molecule has 0 aromatic rings. The Balaban J connectivity index is 4.14. The molecular weight excluding hydrogens is 677 g/mol. The number of hydrogen-bond acceptors (Lipinski definition) is 8. The fourth-order valence-corrected chi connectivity index (χ4v) is 6.65. The highest BCUT2D eigenvalue weighted by Crippen LogP contribution is 2.43. The van der Waals surface area contributed by atoms with E-state index in [1.54, 1.807) is 0 Å². The molecule has 10 heteroatoms. The number of hydrogen-bond donors (Lipinski definition) is 2. The Morgan fingerprint density at radius 3 is 1.52 bits per heavy atom. The fourth-order valence-electron chi connectivity index (χ4n) is 5.89. The fraction of sp³-hybridized carbons (Fsp3) is 0.857. The zero-order chi connectivity index (χ0) is 38.2. The second kappa shape index (κ2) is 39.2. The Bertz CT molecular complexity index is 912. The maximum Gasteiger partial charge on any atom is 0.472 e. The number of phosphoric ester groups is 1. The smallest absolute Gasteiger partial charge is 0.462 e. The maximum absolute atomic E-state index is 12.5. The van der Waals surface area contributed by atoms with Gasteiger partial charge in [-0.1, -0.05) is 173 Å². The van der Waals surface area contributed by atoms with Crippen LogP contribution in [-0.2, 0) is 32.7 Å². The standard InChI is InChI=1S/C42H80NO8P/c1-3-5-7-9-11-13-15-17-19-20-21-23-24-26-28-30-32-34-41(44)48-38-40(39-50-52(46,47)49-37-36-43)51-42(45)35-33-31-29-27-25-22-18-16-14-12-10-8-6-4-2/h10,12,16,18,40H,3-9,11,13-15,17,19-39,43H2,1-2H3,(H,46,47)/b12-10+,18-16+/t40-/m1/s1. The van der Waals surface area contributed by atoms with Crippen LogP contribution in [0.2, 0.25) is 0 Å². The van der Waals surface area contributed by atoms with Gasteiger partial charge in [-0.2, -0.15) is 0 Å². The van der Waals surface area contributed by atoms with Crippen LogP contribution in [0.4, 0.5) is 0 Å². The molecule has 0 aromatic heterocycles. The van der Waals surface area contributed by atoms with E-state index in [1.807, 2.05) is 0 Å². The zero-order valence-electron chi connectivity index (χ0n) is 33.6. The summed E-state index contributed by atoms with van der Waals surface area (Å²) in [6, 6.07) is 0. The third-order valence-electron chi connectivity index (χ3n) is 9.09. The van der Waals surface area contributed by atoms with Crippen molar-refractivity contribution in [3.63, 3.8) is 0 Å². The number of carbonyl (C=O) groups excluding carboxylic acids is 2. The zero-order valence-corrected chi connectivity index (χ0v) is 34.4. The molecular formula is C42H80NO8P. The van der Waals surface area contributed by atoms with Crippen molar-refractivity contribution in [1.82, 2.24) is 0 Å². The average Bonchev–Trinajstić information content (AvgIpc) is 3.13. The van der Waals surface area contributed by atoms with Gasteiger partial charge in [0, 0.05) is 19.4 Å². The molecule has 0 bridgehead atoms. The van der Waals surface area contributed by atoms with Crippen molar-refractivity contribution in [1.29, 1.82) is 0 Å². The van der Waals surface area contributed by atoms with Crippen molar-refractivity contribution in [2.45, 2.75) is 206 Å². The van der Waals surface area contributed by atoms with Crippen molar-refractivity contribution < 1.29 is 37.6 Å². The number of ether oxygens (including phenoxy) is 2. The van der Waals surface area contributed by atoms with E-state index in [0.717, 1.165) is 64.2 Å². The van der Waals surface area contributed by atoms with Crippen LogP contribution in [0, 0.1) is 0 Å². The topological polar surface area (TPSA) is 134 Å². The summed E-state index contributed by atoms with van der Waals surface area (Å²) in [4.78, 5) is 34.8. The Morgan fingerprint density at radius 2 is 1.02 bits per heavy atom. The first-order valence-corrected chi connectivity index (χ1v) is 22.8. The van der Waals surface area contributed by atoms with Crippen LogP contribution in [0.1, 0.15) is 200 Å². The summed E-state index contributed by atoms with van der Waals surface area (Å²) < 4.78 is 32.7. The highest BCUT2D eigenvalue weighted by molar-refractivity contribution is 7.47. The highest BCUT2D eigenvalue weighted by atomic mass is 31.2. The molecule has 0 amide bonds. The van der Waals surface area contributed by atoms with Crippen LogP contribution in [0.3, 0.4) is 0 Å².